The molecular weight excluding hydrogens is 444 g/mol. The van der Waals surface area contributed by atoms with Gasteiger partial charge in [-0.2, -0.15) is 11.3 Å². The van der Waals surface area contributed by atoms with Crippen molar-refractivity contribution in [3.8, 4) is 0 Å². The van der Waals surface area contributed by atoms with Gasteiger partial charge in [-0.15, -0.1) is 0 Å². The van der Waals surface area contributed by atoms with E-state index < -0.39 is 12.0 Å². The summed E-state index contributed by atoms with van der Waals surface area (Å²) in [6, 6.07) is 4.45. The third kappa shape index (κ3) is 4.96. The molecule has 1 saturated heterocycles. The quantitative estimate of drug-likeness (QED) is 0.650. The Balaban J connectivity index is 1.57. The van der Waals surface area contributed by atoms with E-state index in [0.717, 1.165) is 18.5 Å². The number of esters is 1. The highest BCUT2D eigenvalue weighted by Crippen LogP contribution is 2.32. The highest BCUT2D eigenvalue weighted by atomic mass is 32.1. The molecule has 9 nitrogen and oxygen atoms in total. The van der Waals surface area contributed by atoms with E-state index >= 15 is 0 Å². The molecule has 1 atom stereocenters. The van der Waals surface area contributed by atoms with Crippen molar-refractivity contribution in [3.05, 3.63) is 57.8 Å². The predicted molar refractivity (Wildman–Crippen MR) is 123 cm³/mol. The van der Waals surface area contributed by atoms with Gasteiger partial charge in [0.1, 0.15) is 0 Å². The number of urea groups is 1. The molecular formula is C23H28N4O5S. The third-order valence-electron chi connectivity index (χ3n) is 5.93. The molecule has 33 heavy (non-hydrogen) atoms. The van der Waals surface area contributed by atoms with Crippen LogP contribution in [0, 0.1) is 0 Å². The number of nitrogens with one attached hydrogen (secondary N) is 1. The van der Waals surface area contributed by atoms with Crippen LogP contribution in [0.25, 0.3) is 0 Å². The Kier molecular flexibility index (Phi) is 7.14. The molecule has 176 valence electrons. The van der Waals surface area contributed by atoms with Gasteiger partial charge in [0.25, 0.3) is 5.91 Å². The van der Waals surface area contributed by atoms with Crippen molar-refractivity contribution in [2.45, 2.75) is 19.4 Å². The zero-order chi connectivity index (χ0) is 23.4. The van der Waals surface area contributed by atoms with Crippen LogP contribution in [-0.4, -0.2) is 79.0 Å². The lowest BCUT2D eigenvalue weighted by Gasteiger charge is -2.36. The number of amides is 3. The number of carbonyl (C=O) groups excluding carboxylic acids is 3. The standard InChI is InChI=1S/C23H28N4O5S/c1-3-31-22(29)19-17(25(2)23(30)24-20(19)16-7-13-33-15-16)14-26-8-5-9-27(11-10-26)21(28)18-6-4-12-32-18/h4,6-7,12-13,15,20H,3,5,8-11,14H2,1-2H3,(H,24,30). The fourth-order valence-corrected chi connectivity index (χ4v) is 4.87. The summed E-state index contributed by atoms with van der Waals surface area (Å²) in [5.74, 6) is -0.224. The highest BCUT2D eigenvalue weighted by Gasteiger charge is 2.37. The minimum atomic E-state index is -0.557. The summed E-state index contributed by atoms with van der Waals surface area (Å²) >= 11 is 1.51. The van der Waals surface area contributed by atoms with Crippen LogP contribution in [0.3, 0.4) is 0 Å². The van der Waals surface area contributed by atoms with Crippen LogP contribution >= 0.6 is 11.3 Å². The molecule has 4 heterocycles. The molecule has 4 rings (SSSR count). The topological polar surface area (TPSA) is 95.3 Å². The summed E-state index contributed by atoms with van der Waals surface area (Å²) in [6.07, 6.45) is 2.27. The molecule has 2 aliphatic heterocycles. The molecule has 0 aromatic carbocycles. The van der Waals surface area contributed by atoms with Crippen molar-refractivity contribution < 1.29 is 23.5 Å². The molecule has 0 radical (unpaired) electrons. The number of carbonyl (C=O) groups is 3. The molecule has 10 heteroatoms. The second-order valence-electron chi connectivity index (χ2n) is 7.98. The molecule has 0 spiro atoms. The number of hydrogen-bond acceptors (Lipinski definition) is 7. The zero-order valence-corrected chi connectivity index (χ0v) is 19.6. The van der Waals surface area contributed by atoms with Gasteiger partial charge in [-0.05, 0) is 47.9 Å². The van der Waals surface area contributed by atoms with E-state index in [4.69, 9.17) is 9.15 Å². The Morgan fingerprint density at radius 3 is 2.79 bits per heavy atom. The number of hydrogen-bond donors (Lipinski definition) is 1. The molecule has 1 fully saturated rings. The first-order valence-electron chi connectivity index (χ1n) is 11.0. The van der Waals surface area contributed by atoms with E-state index in [2.05, 4.69) is 10.2 Å². The molecule has 0 bridgehead atoms. The average molecular weight is 473 g/mol. The van der Waals surface area contributed by atoms with Gasteiger partial charge < -0.3 is 19.4 Å². The molecule has 1 N–H and O–H groups in total. The third-order valence-corrected chi connectivity index (χ3v) is 6.63. The van der Waals surface area contributed by atoms with Crippen molar-refractivity contribution in [2.24, 2.45) is 0 Å². The van der Waals surface area contributed by atoms with Gasteiger partial charge in [0.2, 0.25) is 0 Å². The fourth-order valence-electron chi connectivity index (χ4n) is 4.19. The summed E-state index contributed by atoms with van der Waals surface area (Å²) in [7, 11) is 1.66. The molecule has 2 aromatic rings. The van der Waals surface area contributed by atoms with Crippen molar-refractivity contribution in [1.29, 1.82) is 0 Å². The Bertz CT molecular complexity index is 1020. The largest absolute Gasteiger partial charge is 0.463 e. The summed E-state index contributed by atoms with van der Waals surface area (Å²) in [4.78, 5) is 43.9. The van der Waals surface area contributed by atoms with E-state index in [9.17, 15) is 14.4 Å². The van der Waals surface area contributed by atoms with Gasteiger partial charge >= 0.3 is 12.0 Å². The maximum Gasteiger partial charge on any atom is 0.338 e. The van der Waals surface area contributed by atoms with Crippen LogP contribution in [0.5, 0.6) is 0 Å². The highest BCUT2D eigenvalue weighted by molar-refractivity contribution is 7.08. The van der Waals surface area contributed by atoms with Crippen molar-refractivity contribution in [3.63, 3.8) is 0 Å². The Labute approximate surface area is 196 Å². The summed E-state index contributed by atoms with van der Waals surface area (Å²) < 4.78 is 10.6. The first-order chi connectivity index (χ1) is 16.0. The zero-order valence-electron chi connectivity index (χ0n) is 18.8. The van der Waals surface area contributed by atoms with Crippen molar-refractivity contribution >= 4 is 29.2 Å². The van der Waals surface area contributed by atoms with Crippen LogP contribution < -0.4 is 5.32 Å². The minimum Gasteiger partial charge on any atom is -0.463 e. The van der Waals surface area contributed by atoms with Crippen molar-refractivity contribution in [1.82, 2.24) is 20.0 Å². The fraction of sp³-hybridized carbons (Fsp3) is 0.435. The molecule has 2 aliphatic rings. The van der Waals surface area contributed by atoms with E-state index in [1.165, 1.54) is 22.5 Å². The number of likely N-dealkylation sites (N-methyl/N-ethyl adjacent to an activating group) is 1. The van der Waals surface area contributed by atoms with Gasteiger partial charge in [-0.1, -0.05) is 0 Å². The van der Waals surface area contributed by atoms with E-state index in [-0.39, 0.29) is 18.5 Å². The molecule has 0 saturated carbocycles. The van der Waals surface area contributed by atoms with E-state index in [1.807, 2.05) is 16.8 Å². The maximum atomic E-state index is 13.0. The van der Waals surface area contributed by atoms with Crippen LogP contribution in [0.4, 0.5) is 4.79 Å². The summed E-state index contributed by atoms with van der Waals surface area (Å²) in [5, 5.41) is 6.77. The van der Waals surface area contributed by atoms with Crippen LogP contribution in [0.1, 0.15) is 35.5 Å². The maximum absolute atomic E-state index is 13.0. The number of rotatable bonds is 6. The van der Waals surface area contributed by atoms with Gasteiger partial charge in [0.15, 0.2) is 5.76 Å². The Morgan fingerprint density at radius 2 is 2.09 bits per heavy atom. The van der Waals surface area contributed by atoms with E-state index in [0.29, 0.717) is 43.2 Å². The summed E-state index contributed by atoms with van der Waals surface area (Å²) in [5.41, 5.74) is 1.93. The second-order valence-corrected chi connectivity index (χ2v) is 8.76. The molecule has 1 unspecified atom stereocenters. The molecule has 3 amide bonds. The van der Waals surface area contributed by atoms with Gasteiger partial charge in [0.05, 0.1) is 24.5 Å². The Morgan fingerprint density at radius 1 is 1.24 bits per heavy atom. The smallest absolute Gasteiger partial charge is 0.338 e. The predicted octanol–water partition coefficient (Wildman–Crippen LogP) is 2.70. The SMILES string of the molecule is CCOC(=O)C1=C(CN2CCCN(C(=O)c3ccco3)CC2)N(C)C(=O)NC1c1ccsc1. The van der Waals surface area contributed by atoms with Gasteiger partial charge in [-0.25, -0.2) is 9.59 Å². The number of nitrogens with zero attached hydrogens (tertiary/aromatic N) is 3. The van der Waals surface area contributed by atoms with Crippen LogP contribution in [0.15, 0.2) is 50.9 Å². The molecule has 2 aromatic heterocycles. The second kappa shape index (κ2) is 10.2. The number of ether oxygens (including phenoxy) is 1. The first-order valence-corrected chi connectivity index (χ1v) is 12.0. The number of furan rings is 1. The van der Waals surface area contributed by atoms with Gasteiger partial charge in [0, 0.05) is 45.5 Å². The van der Waals surface area contributed by atoms with Crippen LogP contribution in [0.2, 0.25) is 0 Å². The van der Waals surface area contributed by atoms with Gasteiger partial charge in [-0.3, -0.25) is 14.6 Å². The lowest BCUT2D eigenvalue weighted by Crippen LogP contribution is -2.49. The lowest BCUT2D eigenvalue weighted by atomic mass is 9.96. The number of thiophene rings is 1. The molecule has 0 aliphatic carbocycles. The monoisotopic (exact) mass is 472 g/mol. The van der Waals surface area contributed by atoms with Crippen LogP contribution in [-0.2, 0) is 9.53 Å². The average Bonchev–Trinajstić information content (AvgIpc) is 3.48. The van der Waals surface area contributed by atoms with E-state index in [1.54, 1.807) is 31.0 Å². The Hall–Kier alpha value is -3.11. The summed E-state index contributed by atoms with van der Waals surface area (Å²) in [6.45, 7) is 4.92. The first kappa shape index (κ1) is 23.1. The minimum absolute atomic E-state index is 0.125. The lowest BCUT2D eigenvalue weighted by molar-refractivity contribution is -0.139. The normalized spacial score (nSPS) is 19.9. The van der Waals surface area contributed by atoms with Crippen molar-refractivity contribution in [2.75, 3.05) is 46.4 Å².